The van der Waals surface area contributed by atoms with Gasteiger partial charge in [-0.3, -0.25) is 14.7 Å². The quantitative estimate of drug-likeness (QED) is 0.927. The molecule has 0 radical (unpaired) electrons. The Labute approximate surface area is 134 Å². The monoisotopic (exact) mass is 309 g/mol. The number of H-pyrrole nitrogens is 1. The first kappa shape index (κ1) is 14.2. The molecule has 1 amide bonds. The van der Waals surface area contributed by atoms with E-state index in [1.807, 2.05) is 29.2 Å². The number of hydrogen-bond acceptors (Lipinski definition) is 3. The van der Waals surface area contributed by atoms with E-state index in [4.69, 9.17) is 0 Å². The second-order valence-corrected chi connectivity index (χ2v) is 6.36. The lowest BCUT2D eigenvalue weighted by atomic mass is 9.93. The van der Waals surface area contributed by atoms with Crippen LogP contribution in [0.1, 0.15) is 57.2 Å². The molecule has 5 nitrogen and oxygen atoms in total. The van der Waals surface area contributed by atoms with Crippen LogP contribution in [0.4, 0.5) is 0 Å². The number of piperidine rings is 1. The number of aromatic amines is 1. The summed E-state index contributed by atoms with van der Waals surface area (Å²) >= 11 is 0. The second-order valence-electron chi connectivity index (χ2n) is 6.36. The second kappa shape index (κ2) is 5.65. The fraction of sp³-hybridized carbons (Fsp3) is 0.389. The molecule has 23 heavy (non-hydrogen) atoms. The molecule has 2 aliphatic rings. The van der Waals surface area contributed by atoms with E-state index < -0.39 is 0 Å². The van der Waals surface area contributed by atoms with E-state index in [0.717, 1.165) is 36.2 Å². The number of amides is 1. The number of benzene rings is 1. The SMILES string of the molecule is O=C1CCc2c1cccc2C(=O)N1CCC[C@@H](c2ccn[nH]2)C1. The highest BCUT2D eigenvalue weighted by Gasteiger charge is 2.30. The molecule has 118 valence electrons. The fourth-order valence-electron chi connectivity index (χ4n) is 3.77. The smallest absolute Gasteiger partial charge is 0.254 e. The van der Waals surface area contributed by atoms with Crippen molar-refractivity contribution in [1.82, 2.24) is 15.1 Å². The number of nitrogens with zero attached hydrogens (tertiary/aromatic N) is 2. The molecule has 1 saturated heterocycles. The number of likely N-dealkylation sites (tertiary alicyclic amines) is 1. The molecule has 1 fully saturated rings. The van der Waals surface area contributed by atoms with Crippen LogP contribution in [-0.4, -0.2) is 39.9 Å². The highest BCUT2D eigenvalue weighted by molar-refractivity contribution is 6.05. The summed E-state index contributed by atoms with van der Waals surface area (Å²) in [6.45, 7) is 1.49. The maximum atomic E-state index is 13.0. The predicted molar refractivity (Wildman–Crippen MR) is 85.6 cm³/mol. The molecule has 1 aromatic carbocycles. The van der Waals surface area contributed by atoms with Gasteiger partial charge in [-0.15, -0.1) is 0 Å². The largest absolute Gasteiger partial charge is 0.338 e. The Balaban J connectivity index is 1.59. The van der Waals surface area contributed by atoms with Gasteiger partial charge in [0.05, 0.1) is 0 Å². The van der Waals surface area contributed by atoms with Crippen molar-refractivity contribution >= 4 is 11.7 Å². The predicted octanol–water partition coefficient (Wildman–Crippen LogP) is 2.56. The van der Waals surface area contributed by atoms with Crippen LogP contribution < -0.4 is 0 Å². The average Bonchev–Trinajstić information content (AvgIpc) is 3.25. The number of aromatic nitrogens is 2. The number of hydrogen-bond donors (Lipinski definition) is 1. The van der Waals surface area contributed by atoms with Gasteiger partial charge in [0.2, 0.25) is 0 Å². The Kier molecular flexibility index (Phi) is 3.48. The molecular weight excluding hydrogens is 290 g/mol. The highest BCUT2D eigenvalue weighted by atomic mass is 16.2. The zero-order chi connectivity index (χ0) is 15.8. The average molecular weight is 309 g/mol. The minimum absolute atomic E-state index is 0.0563. The maximum absolute atomic E-state index is 13.0. The van der Waals surface area contributed by atoms with Crippen LogP contribution in [0.15, 0.2) is 30.5 Å². The van der Waals surface area contributed by atoms with Gasteiger partial charge in [-0.2, -0.15) is 5.10 Å². The van der Waals surface area contributed by atoms with Gasteiger partial charge in [-0.05, 0) is 37.0 Å². The van der Waals surface area contributed by atoms with Crippen LogP contribution in [0.2, 0.25) is 0 Å². The first-order valence-electron chi connectivity index (χ1n) is 8.17. The molecule has 1 aliphatic heterocycles. The van der Waals surface area contributed by atoms with E-state index in [1.165, 1.54) is 0 Å². The van der Waals surface area contributed by atoms with E-state index in [1.54, 1.807) is 6.20 Å². The summed E-state index contributed by atoms with van der Waals surface area (Å²) in [5.41, 5.74) is 3.47. The minimum atomic E-state index is 0.0563. The molecule has 2 aromatic rings. The number of ketones is 1. The zero-order valence-corrected chi connectivity index (χ0v) is 12.9. The Hall–Kier alpha value is -2.43. The normalized spacial score (nSPS) is 20.6. The first-order chi connectivity index (χ1) is 11.2. The van der Waals surface area contributed by atoms with Crippen molar-refractivity contribution < 1.29 is 9.59 Å². The highest BCUT2D eigenvalue weighted by Crippen LogP contribution is 2.29. The van der Waals surface area contributed by atoms with Gasteiger partial charge in [0.1, 0.15) is 0 Å². The molecule has 2 heterocycles. The van der Waals surface area contributed by atoms with Crippen molar-refractivity contribution in [1.29, 1.82) is 0 Å². The number of Topliss-reactive ketones (excluding diaryl/α,β-unsaturated/α-hetero) is 1. The maximum Gasteiger partial charge on any atom is 0.254 e. The van der Waals surface area contributed by atoms with Crippen molar-refractivity contribution in [3.8, 4) is 0 Å². The van der Waals surface area contributed by atoms with Crippen LogP contribution in [-0.2, 0) is 6.42 Å². The number of carbonyl (C=O) groups is 2. The van der Waals surface area contributed by atoms with E-state index in [0.29, 0.717) is 30.9 Å². The van der Waals surface area contributed by atoms with E-state index in [2.05, 4.69) is 10.2 Å². The lowest BCUT2D eigenvalue weighted by Crippen LogP contribution is -2.39. The van der Waals surface area contributed by atoms with Crippen molar-refractivity contribution in [3.05, 3.63) is 52.8 Å². The Bertz CT molecular complexity index is 752. The molecule has 5 heteroatoms. The van der Waals surface area contributed by atoms with Crippen molar-refractivity contribution in [2.75, 3.05) is 13.1 Å². The van der Waals surface area contributed by atoms with Gasteiger partial charge in [-0.1, -0.05) is 12.1 Å². The summed E-state index contributed by atoms with van der Waals surface area (Å²) in [6, 6.07) is 7.51. The third kappa shape index (κ3) is 2.46. The molecule has 0 bridgehead atoms. The summed E-state index contributed by atoms with van der Waals surface area (Å²) in [4.78, 5) is 26.8. The Morgan fingerprint density at radius 2 is 2.17 bits per heavy atom. The summed E-state index contributed by atoms with van der Waals surface area (Å²) in [5, 5.41) is 7.04. The van der Waals surface area contributed by atoms with Crippen LogP contribution in [0, 0.1) is 0 Å². The molecule has 1 aliphatic carbocycles. The standard InChI is InChI=1S/C18H19N3O2/c22-17-7-6-13-14(17)4-1-5-15(13)18(23)21-10-2-3-12(11-21)16-8-9-19-20-16/h1,4-5,8-9,12H,2-3,6-7,10-11H2,(H,19,20)/t12-/m1/s1. The van der Waals surface area contributed by atoms with Gasteiger partial charge >= 0.3 is 0 Å². The third-order valence-corrected chi connectivity index (χ3v) is 4.98. The number of rotatable bonds is 2. The molecule has 4 rings (SSSR count). The van der Waals surface area contributed by atoms with Crippen molar-refractivity contribution in [2.24, 2.45) is 0 Å². The number of carbonyl (C=O) groups excluding carboxylic acids is 2. The summed E-state index contributed by atoms with van der Waals surface area (Å²) in [7, 11) is 0. The summed E-state index contributed by atoms with van der Waals surface area (Å²) in [5.74, 6) is 0.526. The number of fused-ring (bicyclic) bond motifs is 1. The van der Waals surface area contributed by atoms with Gasteiger partial charge < -0.3 is 4.90 Å². The zero-order valence-electron chi connectivity index (χ0n) is 12.9. The van der Waals surface area contributed by atoms with Crippen LogP contribution >= 0.6 is 0 Å². The van der Waals surface area contributed by atoms with Gasteiger partial charge in [0.15, 0.2) is 5.78 Å². The Morgan fingerprint density at radius 1 is 1.26 bits per heavy atom. The van der Waals surface area contributed by atoms with Gasteiger partial charge in [0, 0.05) is 48.4 Å². The molecule has 1 atom stereocenters. The van der Waals surface area contributed by atoms with Crippen LogP contribution in [0.5, 0.6) is 0 Å². The summed E-state index contributed by atoms with van der Waals surface area (Å²) in [6.07, 6.45) is 5.02. The topological polar surface area (TPSA) is 66.1 Å². The minimum Gasteiger partial charge on any atom is -0.338 e. The van der Waals surface area contributed by atoms with Crippen LogP contribution in [0.3, 0.4) is 0 Å². The van der Waals surface area contributed by atoms with E-state index in [-0.39, 0.29) is 11.7 Å². The number of nitrogens with one attached hydrogen (secondary N) is 1. The van der Waals surface area contributed by atoms with E-state index in [9.17, 15) is 9.59 Å². The van der Waals surface area contributed by atoms with E-state index >= 15 is 0 Å². The van der Waals surface area contributed by atoms with Gasteiger partial charge in [0.25, 0.3) is 5.91 Å². The molecule has 1 aromatic heterocycles. The van der Waals surface area contributed by atoms with Crippen molar-refractivity contribution in [2.45, 2.75) is 31.6 Å². The lowest BCUT2D eigenvalue weighted by Gasteiger charge is -2.32. The lowest BCUT2D eigenvalue weighted by molar-refractivity contribution is 0.0704. The molecule has 1 N–H and O–H groups in total. The Morgan fingerprint density at radius 3 is 3.00 bits per heavy atom. The molecular formula is C18H19N3O2. The van der Waals surface area contributed by atoms with Crippen LogP contribution in [0.25, 0.3) is 0 Å². The van der Waals surface area contributed by atoms with Crippen molar-refractivity contribution in [3.63, 3.8) is 0 Å². The molecule has 0 spiro atoms. The first-order valence-corrected chi connectivity index (χ1v) is 8.17. The third-order valence-electron chi connectivity index (χ3n) is 4.98. The van der Waals surface area contributed by atoms with Gasteiger partial charge in [-0.25, -0.2) is 0 Å². The summed E-state index contributed by atoms with van der Waals surface area (Å²) < 4.78 is 0. The fourth-order valence-corrected chi connectivity index (χ4v) is 3.77. The molecule has 0 unspecified atom stereocenters. The molecule has 0 saturated carbocycles.